The summed E-state index contributed by atoms with van der Waals surface area (Å²) in [6, 6.07) is 0. The van der Waals surface area contributed by atoms with Crippen molar-refractivity contribution in [1.29, 1.82) is 0 Å². The molecule has 0 aromatic carbocycles. The molecule has 0 radical (unpaired) electrons. The molecule has 0 fully saturated rings. The first-order valence-corrected chi connectivity index (χ1v) is 5.45. The van der Waals surface area contributed by atoms with E-state index < -0.39 is 0 Å². The number of nitrogens with zero attached hydrogens (tertiary/aromatic N) is 2. The van der Waals surface area contributed by atoms with Crippen molar-refractivity contribution < 1.29 is 10.2 Å². The quantitative estimate of drug-likeness (QED) is 0.696. The Kier molecular flexibility index (Phi) is 4.78. The Hall–Kier alpha value is -0.870. The summed E-state index contributed by atoms with van der Waals surface area (Å²) >= 11 is 0. The number of rotatable bonds is 6. The molecular weight excluding hydrogens is 192 g/mol. The normalized spacial score (nSPS) is 10.9. The predicted octanol–water partition coefficient (Wildman–Crippen LogP) is 1.15. The van der Waals surface area contributed by atoms with E-state index in [1.807, 2.05) is 18.5 Å². The van der Waals surface area contributed by atoms with E-state index in [0.29, 0.717) is 0 Å². The molecular formula is C11H20N2O2. The van der Waals surface area contributed by atoms with Gasteiger partial charge in [-0.05, 0) is 33.1 Å². The lowest BCUT2D eigenvalue weighted by Gasteiger charge is -2.04. The molecule has 4 heteroatoms. The van der Waals surface area contributed by atoms with E-state index in [-0.39, 0.29) is 13.2 Å². The molecule has 1 rings (SSSR count). The van der Waals surface area contributed by atoms with E-state index in [0.717, 1.165) is 42.8 Å². The van der Waals surface area contributed by atoms with E-state index in [1.165, 1.54) is 0 Å². The van der Waals surface area contributed by atoms with Crippen LogP contribution in [0, 0.1) is 13.8 Å². The van der Waals surface area contributed by atoms with Crippen molar-refractivity contribution in [3.8, 4) is 0 Å². The van der Waals surface area contributed by atoms with Crippen molar-refractivity contribution in [2.24, 2.45) is 0 Å². The monoisotopic (exact) mass is 212 g/mol. The first-order chi connectivity index (χ1) is 7.20. The highest BCUT2D eigenvalue weighted by atomic mass is 16.3. The van der Waals surface area contributed by atoms with Crippen LogP contribution in [0.15, 0.2) is 0 Å². The van der Waals surface area contributed by atoms with Crippen molar-refractivity contribution in [3.05, 3.63) is 17.0 Å². The number of hydrogen-bond donors (Lipinski definition) is 2. The van der Waals surface area contributed by atoms with Crippen LogP contribution in [0.5, 0.6) is 0 Å². The Labute approximate surface area is 90.5 Å². The van der Waals surface area contributed by atoms with Crippen molar-refractivity contribution in [1.82, 2.24) is 9.78 Å². The molecule has 86 valence electrons. The van der Waals surface area contributed by atoms with Crippen LogP contribution in [0.4, 0.5) is 0 Å². The summed E-state index contributed by atoms with van der Waals surface area (Å²) in [5.41, 5.74) is 2.91. The van der Waals surface area contributed by atoms with Gasteiger partial charge in [0.25, 0.3) is 0 Å². The molecule has 0 saturated carbocycles. The molecule has 1 aromatic heterocycles. The Balaban J connectivity index is 2.54. The third kappa shape index (κ3) is 3.04. The lowest BCUT2D eigenvalue weighted by Crippen LogP contribution is -2.03. The van der Waals surface area contributed by atoms with Crippen LogP contribution in [0.2, 0.25) is 0 Å². The van der Waals surface area contributed by atoms with Gasteiger partial charge in [-0.15, -0.1) is 0 Å². The molecule has 4 nitrogen and oxygen atoms in total. The summed E-state index contributed by atoms with van der Waals surface area (Å²) in [4.78, 5) is 0. The maximum absolute atomic E-state index is 9.14. The average molecular weight is 212 g/mol. The van der Waals surface area contributed by atoms with Gasteiger partial charge < -0.3 is 10.2 Å². The Morgan fingerprint density at radius 1 is 1.13 bits per heavy atom. The fraction of sp³-hybridized carbons (Fsp3) is 0.727. The summed E-state index contributed by atoms with van der Waals surface area (Å²) in [6.45, 7) is 5.10. The van der Waals surface area contributed by atoms with Gasteiger partial charge in [-0.25, -0.2) is 0 Å². The lowest BCUT2D eigenvalue weighted by molar-refractivity contribution is 0.279. The summed E-state index contributed by atoms with van der Waals surface area (Å²) < 4.78 is 1.94. The van der Waals surface area contributed by atoms with Crippen molar-refractivity contribution >= 4 is 0 Å². The van der Waals surface area contributed by atoms with Crippen LogP contribution < -0.4 is 0 Å². The second kappa shape index (κ2) is 5.88. The number of aliphatic hydroxyl groups is 2. The average Bonchev–Trinajstić information content (AvgIpc) is 2.49. The number of aryl methyl sites for hydroxylation is 2. The summed E-state index contributed by atoms with van der Waals surface area (Å²) in [5, 5.41) is 22.2. The highest BCUT2D eigenvalue weighted by molar-refractivity contribution is 5.23. The van der Waals surface area contributed by atoms with E-state index in [4.69, 9.17) is 10.2 Å². The minimum absolute atomic E-state index is 0.0638. The van der Waals surface area contributed by atoms with Gasteiger partial charge in [0.05, 0.1) is 12.3 Å². The first-order valence-electron chi connectivity index (χ1n) is 5.45. The molecule has 1 heterocycles. The van der Waals surface area contributed by atoms with Gasteiger partial charge in [0.1, 0.15) is 0 Å². The van der Waals surface area contributed by atoms with Crippen molar-refractivity contribution in [2.45, 2.75) is 46.3 Å². The fourth-order valence-electron chi connectivity index (χ4n) is 1.73. The van der Waals surface area contributed by atoms with E-state index in [2.05, 4.69) is 5.10 Å². The molecule has 0 amide bonds. The standard InChI is InChI=1S/C11H20N2O2/c1-9-11(8-15)10(2)13(12-9)6-4-3-5-7-14/h14-15H,3-8H2,1-2H3. The Bertz CT molecular complexity index is 308. The largest absolute Gasteiger partial charge is 0.396 e. The lowest BCUT2D eigenvalue weighted by atomic mass is 10.2. The molecule has 1 aromatic rings. The fourth-order valence-corrected chi connectivity index (χ4v) is 1.73. The SMILES string of the molecule is Cc1nn(CCCCCO)c(C)c1CO. The maximum Gasteiger partial charge on any atom is 0.0718 e. The molecule has 0 bridgehead atoms. The third-order valence-electron chi connectivity index (χ3n) is 2.72. The highest BCUT2D eigenvalue weighted by Crippen LogP contribution is 2.13. The maximum atomic E-state index is 9.14. The molecule has 0 aliphatic rings. The third-order valence-corrected chi connectivity index (χ3v) is 2.72. The number of hydrogen-bond acceptors (Lipinski definition) is 3. The van der Waals surface area contributed by atoms with Crippen LogP contribution in [0.25, 0.3) is 0 Å². The Morgan fingerprint density at radius 3 is 2.40 bits per heavy atom. The molecule has 2 N–H and O–H groups in total. The van der Waals surface area contributed by atoms with Crippen LogP contribution in [0.1, 0.15) is 36.2 Å². The summed E-state index contributed by atoms with van der Waals surface area (Å²) in [5.74, 6) is 0. The molecule has 0 spiro atoms. The summed E-state index contributed by atoms with van der Waals surface area (Å²) in [6.07, 6.45) is 2.89. The van der Waals surface area contributed by atoms with Gasteiger partial charge >= 0.3 is 0 Å². The van der Waals surface area contributed by atoms with Crippen LogP contribution >= 0.6 is 0 Å². The zero-order valence-corrected chi connectivity index (χ0v) is 9.53. The zero-order chi connectivity index (χ0) is 11.3. The van der Waals surface area contributed by atoms with Crippen LogP contribution in [-0.2, 0) is 13.2 Å². The second-order valence-corrected chi connectivity index (χ2v) is 3.81. The van der Waals surface area contributed by atoms with E-state index in [1.54, 1.807) is 0 Å². The minimum atomic E-state index is 0.0638. The molecule has 15 heavy (non-hydrogen) atoms. The van der Waals surface area contributed by atoms with E-state index in [9.17, 15) is 0 Å². The zero-order valence-electron chi connectivity index (χ0n) is 9.53. The van der Waals surface area contributed by atoms with Gasteiger partial charge in [0, 0.05) is 24.4 Å². The number of aliphatic hydroxyl groups excluding tert-OH is 2. The van der Waals surface area contributed by atoms with Crippen molar-refractivity contribution in [3.63, 3.8) is 0 Å². The molecule has 0 aliphatic carbocycles. The predicted molar refractivity (Wildman–Crippen MR) is 58.6 cm³/mol. The second-order valence-electron chi connectivity index (χ2n) is 3.81. The van der Waals surface area contributed by atoms with Crippen molar-refractivity contribution in [2.75, 3.05) is 6.61 Å². The topological polar surface area (TPSA) is 58.3 Å². The molecule has 0 aliphatic heterocycles. The number of unbranched alkanes of at least 4 members (excludes halogenated alkanes) is 2. The molecule has 0 unspecified atom stereocenters. The van der Waals surface area contributed by atoms with Gasteiger partial charge in [-0.2, -0.15) is 5.10 Å². The minimum Gasteiger partial charge on any atom is -0.396 e. The Morgan fingerprint density at radius 2 is 1.87 bits per heavy atom. The van der Waals surface area contributed by atoms with E-state index >= 15 is 0 Å². The van der Waals surface area contributed by atoms with Crippen LogP contribution in [-0.4, -0.2) is 26.6 Å². The molecule has 0 saturated heterocycles. The summed E-state index contributed by atoms with van der Waals surface area (Å²) in [7, 11) is 0. The van der Waals surface area contributed by atoms with Gasteiger partial charge in [0.15, 0.2) is 0 Å². The highest BCUT2D eigenvalue weighted by Gasteiger charge is 2.09. The molecule has 0 atom stereocenters. The van der Waals surface area contributed by atoms with Gasteiger partial charge in [0.2, 0.25) is 0 Å². The van der Waals surface area contributed by atoms with Gasteiger partial charge in [-0.3, -0.25) is 4.68 Å². The number of aromatic nitrogens is 2. The first kappa shape index (κ1) is 12.2. The van der Waals surface area contributed by atoms with Crippen LogP contribution in [0.3, 0.4) is 0 Å². The smallest absolute Gasteiger partial charge is 0.0718 e. The van der Waals surface area contributed by atoms with Gasteiger partial charge in [-0.1, -0.05) is 0 Å².